The Morgan fingerprint density at radius 3 is 2.83 bits per heavy atom. The molecule has 30 heavy (non-hydrogen) atoms. The van der Waals surface area contributed by atoms with Gasteiger partial charge in [0.2, 0.25) is 0 Å². The molecule has 0 N–H and O–H groups in total. The summed E-state index contributed by atoms with van der Waals surface area (Å²) in [6.45, 7) is 0. The molecule has 0 saturated heterocycles. The van der Waals surface area contributed by atoms with Crippen LogP contribution < -0.4 is 0 Å². The molecule has 0 aliphatic heterocycles. The van der Waals surface area contributed by atoms with Gasteiger partial charge in [-0.15, -0.1) is 5.10 Å². The Morgan fingerprint density at radius 1 is 1.23 bits per heavy atom. The van der Waals surface area contributed by atoms with Crippen LogP contribution in [0.15, 0.2) is 42.9 Å². The molecule has 0 bridgehead atoms. The molecule has 5 rings (SSSR count). The number of pyridine rings is 1. The van der Waals surface area contributed by atoms with Crippen LogP contribution in [0.2, 0.25) is 0 Å². The summed E-state index contributed by atoms with van der Waals surface area (Å²) < 4.78 is 1.71. The molecule has 0 radical (unpaired) electrons. The second-order valence-corrected chi connectivity index (χ2v) is 7.65. The van der Waals surface area contributed by atoms with E-state index in [9.17, 15) is 10.5 Å². The Morgan fingerprint density at radius 2 is 2.10 bits per heavy atom. The maximum atomic E-state index is 9.30. The quantitative estimate of drug-likeness (QED) is 0.520. The van der Waals surface area contributed by atoms with Crippen LogP contribution in [0, 0.1) is 28.6 Å². The number of rotatable bonds is 4. The summed E-state index contributed by atoms with van der Waals surface area (Å²) in [5, 5.41) is 36.7. The van der Waals surface area contributed by atoms with Crippen molar-refractivity contribution >= 4 is 10.9 Å². The fraction of sp³-hybridized carbons (Fsp3) is 0.286. The van der Waals surface area contributed by atoms with Crippen LogP contribution >= 0.6 is 0 Å². The van der Waals surface area contributed by atoms with Gasteiger partial charge in [0.1, 0.15) is 5.69 Å². The standard InChI is InChI=1S/C21H17N9/c1-29-20(13-25-28-29)15-7-17(16-3-2-6-24-18(16)8-15)19-12-26-30(27-19)21(4-5-22)9-14(10-21)11-23/h2-3,6-8,12-14H,4,9-10H2,1H3. The molecule has 0 unspecified atom stereocenters. The summed E-state index contributed by atoms with van der Waals surface area (Å²) in [4.78, 5) is 6.14. The molecular weight excluding hydrogens is 378 g/mol. The number of aromatic nitrogens is 7. The first-order valence-corrected chi connectivity index (χ1v) is 9.57. The minimum Gasteiger partial charge on any atom is -0.256 e. The van der Waals surface area contributed by atoms with Crippen LogP contribution in [-0.2, 0) is 12.6 Å². The zero-order chi connectivity index (χ0) is 20.7. The van der Waals surface area contributed by atoms with Crippen LogP contribution in [0.5, 0.6) is 0 Å². The number of aryl methyl sites for hydroxylation is 1. The van der Waals surface area contributed by atoms with E-state index in [0.29, 0.717) is 18.5 Å². The number of fused-ring (bicyclic) bond motifs is 1. The second-order valence-electron chi connectivity index (χ2n) is 7.65. The summed E-state index contributed by atoms with van der Waals surface area (Å²) in [5.74, 6) is -0.0569. The van der Waals surface area contributed by atoms with E-state index in [4.69, 9.17) is 5.10 Å². The maximum Gasteiger partial charge on any atom is 0.113 e. The van der Waals surface area contributed by atoms with Crippen molar-refractivity contribution in [1.82, 2.24) is 35.0 Å². The van der Waals surface area contributed by atoms with Gasteiger partial charge >= 0.3 is 0 Å². The van der Waals surface area contributed by atoms with E-state index in [1.165, 1.54) is 0 Å². The molecule has 9 nitrogen and oxygen atoms in total. The average Bonchev–Trinajstić information content (AvgIpc) is 3.39. The third kappa shape index (κ3) is 2.72. The lowest BCUT2D eigenvalue weighted by atomic mass is 9.68. The fourth-order valence-electron chi connectivity index (χ4n) is 4.18. The zero-order valence-corrected chi connectivity index (χ0v) is 16.3. The van der Waals surface area contributed by atoms with E-state index < -0.39 is 5.54 Å². The summed E-state index contributed by atoms with van der Waals surface area (Å²) in [7, 11) is 1.84. The van der Waals surface area contributed by atoms with E-state index in [-0.39, 0.29) is 12.3 Å². The van der Waals surface area contributed by atoms with Gasteiger partial charge in [0.05, 0.1) is 53.6 Å². The summed E-state index contributed by atoms with van der Waals surface area (Å²) in [5.41, 5.74) is 3.71. The highest BCUT2D eigenvalue weighted by Gasteiger charge is 2.48. The molecule has 0 atom stereocenters. The van der Waals surface area contributed by atoms with Gasteiger partial charge in [-0.2, -0.15) is 25.5 Å². The number of benzene rings is 1. The summed E-state index contributed by atoms with van der Waals surface area (Å²) >= 11 is 0. The van der Waals surface area contributed by atoms with Gasteiger partial charge in [-0.1, -0.05) is 11.3 Å². The zero-order valence-electron chi connectivity index (χ0n) is 16.3. The van der Waals surface area contributed by atoms with Crippen LogP contribution in [0.25, 0.3) is 33.4 Å². The van der Waals surface area contributed by atoms with Crippen molar-refractivity contribution in [3.05, 3.63) is 42.9 Å². The van der Waals surface area contributed by atoms with Gasteiger partial charge in [0, 0.05) is 29.8 Å². The first-order valence-electron chi connectivity index (χ1n) is 9.57. The van der Waals surface area contributed by atoms with Crippen LogP contribution in [-0.4, -0.2) is 35.0 Å². The highest BCUT2D eigenvalue weighted by Crippen LogP contribution is 2.45. The van der Waals surface area contributed by atoms with Gasteiger partial charge in [0.25, 0.3) is 0 Å². The average molecular weight is 395 g/mol. The topological polar surface area (TPSA) is 122 Å². The highest BCUT2D eigenvalue weighted by molar-refractivity contribution is 5.96. The fourth-order valence-corrected chi connectivity index (χ4v) is 4.18. The summed E-state index contributed by atoms with van der Waals surface area (Å²) in [6, 6.07) is 12.4. The number of hydrogen-bond acceptors (Lipinski definition) is 7. The Labute approximate surface area is 172 Å². The highest BCUT2D eigenvalue weighted by atomic mass is 15.5. The van der Waals surface area contributed by atoms with Crippen molar-refractivity contribution in [2.45, 2.75) is 24.8 Å². The van der Waals surface area contributed by atoms with Crippen LogP contribution in [0.3, 0.4) is 0 Å². The Balaban J connectivity index is 1.63. The molecule has 1 aromatic carbocycles. The normalized spacial score (nSPS) is 20.4. The first kappa shape index (κ1) is 18.0. The molecular formula is C21H17N9. The monoisotopic (exact) mass is 395 g/mol. The van der Waals surface area contributed by atoms with Crippen molar-refractivity contribution in [3.63, 3.8) is 0 Å². The minimum absolute atomic E-state index is 0.0569. The van der Waals surface area contributed by atoms with Crippen LogP contribution in [0.1, 0.15) is 19.3 Å². The Kier molecular flexibility index (Phi) is 4.04. The molecule has 3 aromatic heterocycles. The number of nitrogens with zero attached hydrogens (tertiary/aromatic N) is 9. The van der Waals surface area contributed by atoms with E-state index in [2.05, 4.69) is 32.5 Å². The van der Waals surface area contributed by atoms with Crippen molar-refractivity contribution in [3.8, 4) is 34.7 Å². The lowest BCUT2D eigenvalue weighted by Gasteiger charge is -2.42. The van der Waals surface area contributed by atoms with Crippen molar-refractivity contribution in [2.24, 2.45) is 13.0 Å². The van der Waals surface area contributed by atoms with Gasteiger partial charge in [0.15, 0.2) is 0 Å². The molecule has 1 aliphatic carbocycles. The molecule has 146 valence electrons. The predicted octanol–water partition coefficient (Wildman–Crippen LogP) is 2.83. The van der Waals surface area contributed by atoms with E-state index in [1.807, 2.05) is 31.3 Å². The third-order valence-electron chi connectivity index (χ3n) is 5.77. The Hall–Kier alpha value is -4.11. The molecule has 9 heteroatoms. The molecule has 3 heterocycles. The predicted molar refractivity (Wildman–Crippen MR) is 107 cm³/mol. The second kappa shape index (κ2) is 6.75. The van der Waals surface area contributed by atoms with E-state index >= 15 is 0 Å². The molecule has 0 spiro atoms. The maximum absolute atomic E-state index is 9.30. The van der Waals surface area contributed by atoms with Crippen molar-refractivity contribution in [2.75, 3.05) is 0 Å². The van der Waals surface area contributed by atoms with E-state index in [0.717, 1.165) is 27.7 Å². The van der Waals surface area contributed by atoms with Gasteiger partial charge in [-0.25, -0.2) is 4.68 Å². The minimum atomic E-state index is -0.509. The van der Waals surface area contributed by atoms with Gasteiger partial charge in [-0.05, 0) is 31.0 Å². The molecule has 1 aliphatic rings. The van der Waals surface area contributed by atoms with Crippen LogP contribution in [0.4, 0.5) is 0 Å². The van der Waals surface area contributed by atoms with Gasteiger partial charge in [-0.3, -0.25) is 4.98 Å². The molecule has 1 saturated carbocycles. The molecule has 0 amide bonds. The third-order valence-corrected chi connectivity index (χ3v) is 5.77. The summed E-state index contributed by atoms with van der Waals surface area (Å²) in [6.07, 6.45) is 6.65. The SMILES string of the molecule is Cn1nncc1-c1cc(-c2cnn(C3(CC#N)CC(C#N)C3)n2)c2cccnc2c1. The van der Waals surface area contributed by atoms with Crippen molar-refractivity contribution < 1.29 is 0 Å². The largest absolute Gasteiger partial charge is 0.256 e. The lowest BCUT2D eigenvalue weighted by Crippen LogP contribution is -2.47. The van der Waals surface area contributed by atoms with Crippen molar-refractivity contribution in [1.29, 1.82) is 10.5 Å². The number of hydrogen-bond donors (Lipinski definition) is 0. The molecule has 4 aromatic rings. The molecule has 1 fully saturated rings. The number of nitriles is 2. The Bertz CT molecular complexity index is 1330. The van der Waals surface area contributed by atoms with Gasteiger partial charge < -0.3 is 0 Å². The first-order chi connectivity index (χ1) is 14.6. The van der Waals surface area contributed by atoms with E-state index in [1.54, 1.807) is 28.1 Å². The lowest BCUT2D eigenvalue weighted by molar-refractivity contribution is 0.0713. The smallest absolute Gasteiger partial charge is 0.113 e.